The van der Waals surface area contributed by atoms with Crippen LogP contribution in [0.15, 0.2) is 11.8 Å². The number of ether oxygens (including phenoxy) is 1. The molecular weight excluding hydrogens is 122 g/mol. The van der Waals surface area contributed by atoms with Crippen molar-refractivity contribution in [2.75, 3.05) is 6.61 Å². The van der Waals surface area contributed by atoms with Gasteiger partial charge in [-0.05, 0) is 0 Å². The van der Waals surface area contributed by atoms with Gasteiger partial charge in [0.25, 0.3) is 0 Å². The lowest BCUT2D eigenvalue weighted by Gasteiger charge is -1.92. The van der Waals surface area contributed by atoms with Crippen LogP contribution in [0.5, 0.6) is 0 Å². The Morgan fingerprint density at radius 1 is 1.78 bits per heavy atom. The number of carbonyl (C=O) groups is 2. The van der Waals surface area contributed by atoms with Crippen molar-refractivity contribution in [3.05, 3.63) is 11.8 Å². The average Bonchev–Trinajstić information content (AvgIpc) is 2.17. The predicted molar refractivity (Wildman–Crippen MR) is 28.2 cm³/mol. The second-order valence-corrected chi connectivity index (χ2v) is 1.54. The molecule has 0 spiro atoms. The number of rotatable bonds is 2. The van der Waals surface area contributed by atoms with Gasteiger partial charge in [-0.1, -0.05) is 0 Å². The molecule has 1 aliphatic rings. The van der Waals surface area contributed by atoms with Gasteiger partial charge in [0, 0.05) is 6.08 Å². The topological polar surface area (TPSA) is 55.4 Å². The zero-order valence-corrected chi connectivity index (χ0v) is 4.59. The molecule has 0 aromatic heterocycles. The SMILES string of the molecule is O=CNC1=CC(=O)OC1. The van der Waals surface area contributed by atoms with E-state index in [0.717, 1.165) is 0 Å². The van der Waals surface area contributed by atoms with Crippen molar-refractivity contribution in [2.45, 2.75) is 0 Å². The van der Waals surface area contributed by atoms with Gasteiger partial charge < -0.3 is 10.1 Å². The normalized spacial score (nSPS) is 16.4. The Labute approximate surface area is 51.5 Å². The number of cyclic esters (lactones) is 1. The minimum Gasteiger partial charge on any atom is -0.456 e. The van der Waals surface area contributed by atoms with Crippen LogP contribution in [0.2, 0.25) is 0 Å². The smallest absolute Gasteiger partial charge is 0.333 e. The zero-order valence-electron chi connectivity index (χ0n) is 4.59. The summed E-state index contributed by atoms with van der Waals surface area (Å²) in [5.74, 6) is -0.403. The first-order valence-corrected chi connectivity index (χ1v) is 2.40. The van der Waals surface area contributed by atoms with Crippen LogP contribution in [0, 0.1) is 0 Å². The fourth-order valence-electron chi connectivity index (χ4n) is 0.533. The Balaban J connectivity index is 2.51. The van der Waals surface area contributed by atoms with E-state index in [0.29, 0.717) is 12.1 Å². The molecule has 1 aliphatic heterocycles. The van der Waals surface area contributed by atoms with Crippen molar-refractivity contribution in [1.29, 1.82) is 0 Å². The molecule has 0 radical (unpaired) electrons. The van der Waals surface area contributed by atoms with E-state index in [2.05, 4.69) is 10.1 Å². The van der Waals surface area contributed by atoms with Crippen LogP contribution in [0.4, 0.5) is 0 Å². The highest BCUT2D eigenvalue weighted by molar-refractivity contribution is 5.85. The van der Waals surface area contributed by atoms with E-state index >= 15 is 0 Å². The maximum atomic E-state index is 10.3. The van der Waals surface area contributed by atoms with Gasteiger partial charge in [-0.3, -0.25) is 4.79 Å². The van der Waals surface area contributed by atoms with Crippen molar-refractivity contribution >= 4 is 12.4 Å². The van der Waals surface area contributed by atoms with Crippen molar-refractivity contribution in [1.82, 2.24) is 5.32 Å². The third-order valence-corrected chi connectivity index (χ3v) is 0.906. The van der Waals surface area contributed by atoms with Gasteiger partial charge in [-0.25, -0.2) is 4.79 Å². The van der Waals surface area contributed by atoms with Gasteiger partial charge in [-0.15, -0.1) is 0 Å². The molecule has 9 heavy (non-hydrogen) atoms. The summed E-state index contributed by atoms with van der Waals surface area (Å²) in [5, 5.41) is 2.31. The van der Waals surface area contributed by atoms with Gasteiger partial charge >= 0.3 is 5.97 Å². The van der Waals surface area contributed by atoms with Gasteiger partial charge in [0.15, 0.2) is 0 Å². The largest absolute Gasteiger partial charge is 0.456 e. The monoisotopic (exact) mass is 127 g/mol. The number of carbonyl (C=O) groups excluding carboxylic acids is 2. The number of esters is 1. The molecule has 1 amide bonds. The van der Waals surface area contributed by atoms with Crippen LogP contribution in [0.3, 0.4) is 0 Å². The molecular formula is C5H5NO3. The minimum absolute atomic E-state index is 0.178. The molecule has 0 aromatic carbocycles. The molecule has 0 atom stereocenters. The summed E-state index contributed by atoms with van der Waals surface area (Å²) in [6.45, 7) is 0.178. The second-order valence-electron chi connectivity index (χ2n) is 1.54. The summed E-state index contributed by atoms with van der Waals surface area (Å²) in [7, 11) is 0. The van der Waals surface area contributed by atoms with Crippen molar-refractivity contribution < 1.29 is 14.3 Å². The lowest BCUT2D eigenvalue weighted by Crippen LogP contribution is -2.10. The fourth-order valence-corrected chi connectivity index (χ4v) is 0.533. The molecule has 0 bridgehead atoms. The summed E-state index contributed by atoms with van der Waals surface area (Å²) >= 11 is 0. The molecule has 0 fully saturated rings. The number of amides is 1. The molecule has 1 rings (SSSR count). The van der Waals surface area contributed by atoms with Crippen LogP contribution < -0.4 is 5.32 Å². The summed E-state index contributed by atoms with van der Waals surface area (Å²) < 4.78 is 4.47. The summed E-state index contributed by atoms with van der Waals surface area (Å²) in [6, 6.07) is 0. The van der Waals surface area contributed by atoms with Crippen molar-refractivity contribution in [3.8, 4) is 0 Å². The highest BCUT2D eigenvalue weighted by Crippen LogP contribution is 1.99. The molecule has 4 heteroatoms. The molecule has 4 nitrogen and oxygen atoms in total. The van der Waals surface area contributed by atoms with E-state index in [4.69, 9.17) is 0 Å². The second kappa shape index (κ2) is 2.30. The number of hydrogen-bond donors (Lipinski definition) is 1. The van der Waals surface area contributed by atoms with Crippen LogP contribution in [-0.2, 0) is 14.3 Å². The van der Waals surface area contributed by atoms with Gasteiger partial charge in [0.05, 0.1) is 5.70 Å². The number of hydrogen-bond acceptors (Lipinski definition) is 3. The number of nitrogens with one attached hydrogen (secondary N) is 1. The molecule has 1 heterocycles. The first kappa shape index (κ1) is 5.81. The lowest BCUT2D eigenvalue weighted by atomic mass is 10.5. The van der Waals surface area contributed by atoms with Crippen LogP contribution in [-0.4, -0.2) is 19.0 Å². The molecule has 0 saturated carbocycles. The Kier molecular flexibility index (Phi) is 1.48. The van der Waals surface area contributed by atoms with Gasteiger partial charge in [-0.2, -0.15) is 0 Å². The molecule has 0 unspecified atom stereocenters. The van der Waals surface area contributed by atoms with Crippen LogP contribution in [0.1, 0.15) is 0 Å². The van der Waals surface area contributed by atoms with E-state index in [-0.39, 0.29) is 6.61 Å². The standard InChI is InChI=1S/C5H5NO3/c7-3-6-4-1-5(8)9-2-4/h1,3H,2H2,(H,6,7). The molecule has 0 saturated heterocycles. The van der Waals surface area contributed by atoms with E-state index < -0.39 is 5.97 Å². The van der Waals surface area contributed by atoms with Gasteiger partial charge in [0.1, 0.15) is 6.61 Å². The van der Waals surface area contributed by atoms with E-state index in [1.54, 1.807) is 0 Å². The average molecular weight is 127 g/mol. The van der Waals surface area contributed by atoms with Crippen LogP contribution in [0.25, 0.3) is 0 Å². The maximum absolute atomic E-state index is 10.3. The zero-order chi connectivity index (χ0) is 6.69. The Bertz CT molecular complexity index is 173. The van der Waals surface area contributed by atoms with Crippen LogP contribution >= 0.6 is 0 Å². The summed E-state index contributed by atoms with van der Waals surface area (Å²) in [4.78, 5) is 20.0. The fraction of sp³-hybridized carbons (Fsp3) is 0.200. The predicted octanol–water partition coefficient (Wildman–Crippen LogP) is -0.827. The van der Waals surface area contributed by atoms with Crippen molar-refractivity contribution in [2.24, 2.45) is 0 Å². The van der Waals surface area contributed by atoms with E-state index in [1.165, 1.54) is 6.08 Å². The highest BCUT2D eigenvalue weighted by Gasteiger charge is 2.10. The molecule has 1 N–H and O–H groups in total. The lowest BCUT2D eigenvalue weighted by molar-refractivity contribution is -0.135. The summed E-state index contributed by atoms with van der Waals surface area (Å²) in [5.41, 5.74) is 0.509. The van der Waals surface area contributed by atoms with E-state index in [1.807, 2.05) is 0 Å². The molecule has 0 aliphatic carbocycles. The first-order chi connectivity index (χ1) is 4.33. The maximum Gasteiger partial charge on any atom is 0.333 e. The quantitative estimate of drug-likeness (QED) is 0.389. The Morgan fingerprint density at radius 2 is 2.56 bits per heavy atom. The Hall–Kier alpha value is -1.32. The third-order valence-electron chi connectivity index (χ3n) is 0.906. The molecule has 48 valence electrons. The Morgan fingerprint density at radius 3 is 3.00 bits per heavy atom. The summed E-state index contributed by atoms with van der Waals surface area (Å²) in [6.07, 6.45) is 1.75. The van der Waals surface area contributed by atoms with Gasteiger partial charge in [0.2, 0.25) is 6.41 Å². The third kappa shape index (κ3) is 1.28. The minimum atomic E-state index is -0.403. The first-order valence-electron chi connectivity index (χ1n) is 2.40. The molecule has 0 aromatic rings. The van der Waals surface area contributed by atoms with Crippen molar-refractivity contribution in [3.63, 3.8) is 0 Å². The highest BCUT2D eigenvalue weighted by atomic mass is 16.5. The van der Waals surface area contributed by atoms with E-state index in [9.17, 15) is 9.59 Å².